The van der Waals surface area contributed by atoms with Gasteiger partial charge in [-0.05, 0) is 20.5 Å². The Bertz CT molecular complexity index is 445. The van der Waals surface area contributed by atoms with E-state index in [1.807, 2.05) is 25.7 Å². The Morgan fingerprint density at radius 1 is 1.50 bits per heavy atom. The van der Waals surface area contributed by atoms with Crippen LogP contribution in [0.15, 0.2) is 0 Å². The lowest BCUT2D eigenvalue weighted by molar-refractivity contribution is -0.0694. The van der Waals surface area contributed by atoms with Crippen molar-refractivity contribution < 1.29 is 9.47 Å². The first-order chi connectivity index (χ1) is 9.63. The van der Waals surface area contributed by atoms with E-state index in [2.05, 4.69) is 22.2 Å². The fourth-order valence-corrected chi connectivity index (χ4v) is 3.12. The summed E-state index contributed by atoms with van der Waals surface area (Å²) in [6, 6.07) is 0.185. The third kappa shape index (κ3) is 2.68. The molecule has 0 bridgehead atoms. The van der Waals surface area contributed by atoms with Crippen LogP contribution in [0.5, 0.6) is 5.88 Å². The maximum atomic E-state index is 5.98. The fourth-order valence-electron chi connectivity index (χ4n) is 3.12. The third-order valence-corrected chi connectivity index (χ3v) is 3.97. The first kappa shape index (κ1) is 15.3. The Kier molecular flexibility index (Phi) is 5.01. The first-order valence-electron chi connectivity index (χ1n) is 7.21. The van der Waals surface area contributed by atoms with Crippen molar-refractivity contribution in [1.29, 1.82) is 0 Å². The molecule has 0 radical (unpaired) electrons. The monoisotopic (exact) mass is 282 g/mol. The Hall–Kier alpha value is -1.11. The van der Waals surface area contributed by atoms with Crippen LogP contribution in [0.4, 0.5) is 0 Å². The molecule has 0 aromatic carbocycles. The second-order valence-electron chi connectivity index (χ2n) is 5.17. The van der Waals surface area contributed by atoms with E-state index >= 15 is 0 Å². The topological polar surface area (TPSA) is 51.5 Å². The molecule has 1 aliphatic heterocycles. The van der Waals surface area contributed by atoms with Crippen LogP contribution in [0.3, 0.4) is 0 Å². The van der Waals surface area contributed by atoms with E-state index < -0.39 is 0 Å². The van der Waals surface area contributed by atoms with Gasteiger partial charge in [-0.25, -0.2) is 4.68 Å². The lowest BCUT2D eigenvalue weighted by Crippen LogP contribution is -2.48. The summed E-state index contributed by atoms with van der Waals surface area (Å²) >= 11 is 0. The largest absolute Gasteiger partial charge is 0.481 e. The zero-order chi connectivity index (χ0) is 14.7. The number of nitrogens with one attached hydrogen (secondary N) is 1. The summed E-state index contributed by atoms with van der Waals surface area (Å²) in [6.45, 7) is 7.76. The molecule has 0 spiro atoms. The normalized spacial score (nSPS) is 24.1. The molecule has 114 valence electrons. The van der Waals surface area contributed by atoms with Gasteiger partial charge in [0.15, 0.2) is 0 Å². The number of morpholine rings is 1. The number of rotatable bonds is 5. The van der Waals surface area contributed by atoms with Crippen LogP contribution in [0.2, 0.25) is 0 Å². The summed E-state index contributed by atoms with van der Waals surface area (Å²) in [5.74, 6) is 0.831. The molecule has 0 aliphatic carbocycles. The predicted octanol–water partition coefficient (Wildman–Crippen LogP) is 0.718. The number of ether oxygens (including phenoxy) is 2. The van der Waals surface area contributed by atoms with E-state index in [0.29, 0.717) is 0 Å². The number of aryl methyl sites for hydroxylation is 2. The van der Waals surface area contributed by atoms with Gasteiger partial charge in [-0.15, -0.1) is 0 Å². The zero-order valence-electron chi connectivity index (χ0n) is 13.1. The molecular formula is C14H26N4O2. The van der Waals surface area contributed by atoms with Crippen LogP contribution >= 0.6 is 0 Å². The Balaban J connectivity index is 2.43. The van der Waals surface area contributed by atoms with Crippen LogP contribution in [-0.2, 0) is 11.8 Å². The summed E-state index contributed by atoms with van der Waals surface area (Å²) in [4.78, 5) is 2.44. The van der Waals surface area contributed by atoms with Crippen molar-refractivity contribution in [1.82, 2.24) is 20.0 Å². The molecule has 2 heterocycles. The molecule has 0 amide bonds. The minimum atomic E-state index is 0.116. The van der Waals surface area contributed by atoms with Crippen molar-refractivity contribution in [3.8, 4) is 5.88 Å². The highest BCUT2D eigenvalue weighted by molar-refractivity contribution is 5.35. The highest BCUT2D eigenvalue weighted by Gasteiger charge is 2.37. The summed E-state index contributed by atoms with van der Waals surface area (Å²) < 4.78 is 13.4. The van der Waals surface area contributed by atoms with Gasteiger partial charge in [-0.1, -0.05) is 6.92 Å². The number of nitrogens with zero attached hydrogens (tertiary/aromatic N) is 3. The lowest BCUT2D eigenvalue weighted by atomic mass is 9.98. The maximum absolute atomic E-state index is 5.98. The van der Waals surface area contributed by atoms with Crippen molar-refractivity contribution in [2.75, 3.05) is 40.4 Å². The molecule has 0 saturated carbocycles. The molecular weight excluding hydrogens is 256 g/mol. The molecule has 2 rings (SSSR count). The zero-order valence-corrected chi connectivity index (χ0v) is 13.1. The summed E-state index contributed by atoms with van der Waals surface area (Å²) in [7, 11) is 5.58. The van der Waals surface area contributed by atoms with E-state index in [9.17, 15) is 0 Å². The van der Waals surface area contributed by atoms with Gasteiger partial charge in [-0.2, -0.15) is 5.10 Å². The second kappa shape index (κ2) is 6.56. The first-order valence-corrected chi connectivity index (χ1v) is 7.21. The molecule has 20 heavy (non-hydrogen) atoms. The number of hydrogen-bond acceptors (Lipinski definition) is 5. The number of methoxy groups -OCH3 is 1. The molecule has 1 N–H and O–H groups in total. The summed E-state index contributed by atoms with van der Waals surface area (Å²) in [5.41, 5.74) is 2.16. The van der Waals surface area contributed by atoms with Crippen molar-refractivity contribution in [3.63, 3.8) is 0 Å². The van der Waals surface area contributed by atoms with Gasteiger partial charge < -0.3 is 14.8 Å². The molecule has 6 heteroatoms. The summed E-state index contributed by atoms with van der Waals surface area (Å²) in [5, 5.41) is 7.74. The Morgan fingerprint density at radius 3 is 2.85 bits per heavy atom. The highest BCUT2D eigenvalue weighted by atomic mass is 16.5. The average molecular weight is 282 g/mol. The van der Waals surface area contributed by atoms with Gasteiger partial charge in [-0.3, -0.25) is 4.90 Å². The molecule has 2 unspecified atom stereocenters. The van der Waals surface area contributed by atoms with Gasteiger partial charge in [0.2, 0.25) is 5.88 Å². The van der Waals surface area contributed by atoms with Gasteiger partial charge in [0.25, 0.3) is 0 Å². The second-order valence-corrected chi connectivity index (χ2v) is 5.17. The van der Waals surface area contributed by atoms with Gasteiger partial charge in [0, 0.05) is 20.1 Å². The van der Waals surface area contributed by atoms with Crippen LogP contribution in [0, 0.1) is 6.92 Å². The molecule has 6 nitrogen and oxygen atoms in total. The van der Waals surface area contributed by atoms with Crippen molar-refractivity contribution in [2.45, 2.75) is 26.0 Å². The van der Waals surface area contributed by atoms with E-state index in [0.717, 1.165) is 43.4 Å². The fraction of sp³-hybridized carbons (Fsp3) is 0.786. The van der Waals surface area contributed by atoms with Crippen molar-refractivity contribution >= 4 is 0 Å². The number of likely N-dealkylation sites (N-methyl/N-ethyl adjacent to an activating group) is 2. The molecule has 1 saturated heterocycles. The van der Waals surface area contributed by atoms with Gasteiger partial charge in [0.05, 0.1) is 37.1 Å². The standard InChI is InChI=1S/C14H26N4O2/c1-6-18-7-8-20-11(9-15-3)13(18)12-10(2)16-17(4)14(12)19-5/h11,13,15H,6-9H2,1-5H3. The summed E-state index contributed by atoms with van der Waals surface area (Å²) in [6.07, 6.45) is 0.116. The third-order valence-electron chi connectivity index (χ3n) is 3.97. The van der Waals surface area contributed by atoms with Crippen LogP contribution in [-0.4, -0.2) is 61.2 Å². The molecule has 2 atom stereocenters. The van der Waals surface area contributed by atoms with E-state index in [1.54, 1.807) is 7.11 Å². The maximum Gasteiger partial charge on any atom is 0.216 e. The molecule has 1 fully saturated rings. The van der Waals surface area contributed by atoms with Crippen LogP contribution in [0.25, 0.3) is 0 Å². The number of hydrogen-bond donors (Lipinski definition) is 1. The van der Waals surface area contributed by atoms with Crippen LogP contribution in [0.1, 0.15) is 24.2 Å². The smallest absolute Gasteiger partial charge is 0.216 e. The Labute approximate surface area is 121 Å². The Morgan fingerprint density at radius 2 is 2.25 bits per heavy atom. The van der Waals surface area contributed by atoms with E-state index in [4.69, 9.17) is 9.47 Å². The lowest BCUT2D eigenvalue weighted by Gasteiger charge is -2.41. The minimum Gasteiger partial charge on any atom is -0.481 e. The molecule has 1 aliphatic rings. The van der Waals surface area contributed by atoms with E-state index in [-0.39, 0.29) is 12.1 Å². The van der Waals surface area contributed by atoms with Gasteiger partial charge >= 0.3 is 0 Å². The van der Waals surface area contributed by atoms with Crippen molar-refractivity contribution in [3.05, 3.63) is 11.3 Å². The SMILES string of the molecule is CCN1CCOC(CNC)C1c1c(C)nn(C)c1OC. The van der Waals surface area contributed by atoms with Gasteiger partial charge in [0.1, 0.15) is 0 Å². The predicted molar refractivity (Wildman–Crippen MR) is 78.2 cm³/mol. The van der Waals surface area contributed by atoms with Crippen LogP contribution < -0.4 is 10.1 Å². The average Bonchev–Trinajstić information content (AvgIpc) is 2.72. The molecule has 1 aromatic rings. The minimum absolute atomic E-state index is 0.116. The molecule has 1 aromatic heterocycles. The highest BCUT2D eigenvalue weighted by Crippen LogP contribution is 2.36. The van der Waals surface area contributed by atoms with Crippen molar-refractivity contribution in [2.24, 2.45) is 7.05 Å². The quantitative estimate of drug-likeness (QED) is 0.862. The van der Waals surface area contributed by atoms with E-state index in [1.165, 1.54) is 0 Å². The number of aromatic nitrogens is 2.